The van der Waals surface area contributed by atoms with Gasteiger partial charge < -0.3 is 10.1 Å². The Labute approximate surface area is 115 Å². The van der Waals surface area contributed by atoms with Crippen molar-refractivity contribution in [2.45, 2.75) is 13.5 Å². The van der Waals surface area contributed by atoms with Crippen molar-refractivity contribution < 1.29 is 4.74 Å². The predicted molar refractivity (Wildman–Crippen MR) is 77.0 cm³/mol. The van der Waals surface area contributed by atoms with Crippen molar-refractivity contribution in [2.75, 3.05) is 12.4 Å². The van der Waals surface area contributed by atoms with Crippen molar-refractivity contribution in [3.8, 4) is 5.75 Å². The normalized spacial score (nSPS) is 10.2. The second kappa shape index (κ2) is 5.87. The Balaban J connectivity index is 2.19. The number of benzene rings is 1. The van der Waals surface area contributed by atoms with Crippen molar-refractivity contribution in [3.05, 3.63) is 52.3 Å². The van der Waals surface area contributed by atoms with Gasteiger partial charge in [-0.25, -0.2) is 0 Å². The van der Waals surface area contributed by atoms with Gasteiger partial charge in [-0.3, -0.25) is 4.98 Å². The molecule has 1 N–H and O–H groups in total. The summed E-state index contributed by atoms with van der Waals surface area (Å²) in [7, 11) is 1.67. The molecule has 0 aliphatic heterocycles. The second-order valence-corrected chi connectivity index (χ2v) is 4.89. The lowest BCUT2D eigenvalue weighted by Crippen LogP contribution is -2.04. The number of ether oxygens (including phenoxy) is 1. The smallest absolute Gasteiger partial charge is 0.143 e. The zero-order chi connectivity index (χ0) is 13.0. The molecule has 0 saturated heterocycles. The van der Waals surface area contributed by atoms with E-state index >= 15 is 0 Å². The maximum atomic E-state index is 5.38. The summed E-state index contributed by atoms with van der Waals surface area (Å²) in [5.74, 6) is 0.831. The van der Waals surface area contributed by atoms with Gasteiger partial charge in [0.2, 0.25) is 0 Å². The minimum absolute atomic E-state index is 0.680. The molecule has 0 spiro atoms. The number of anilines is 1. The van der Waals surface area contributed by atoms with E-state index in [1.807, 2.05) is 31.2 Å². The fourth-order valence-electron chi connectivity index (χ4n) is 1.78. The lowest BCUT2D eigenvalue weighted by Gasteiger charge is -2.14. The summed E-state index contributed by atoms with van der Waals surface area (Å²) in [5.41, 5.74) is 3.14. The number of pyridine rings is 1. The number of hydrogen-bond donors (Lipinski definition) is 1. The first-order valence-electron chi connectivity index (χ1n) is 5.68. The summed E-state index contributed by atoms with van der Waals surface area (Å²) in [5, 5.41) is 3.37. The van der Waals surface area contributed by atoms with Gasteiger partial charge in [0, 0.05) is 10.7 Å². The van der Waals surface area contributed by atoms with E-state index in [0.717, 1.165) is 27.2 Å². The highest BCUT2D eigenvalue weighted by atomic mass is 79.9. The third-order valence-electron chi connectivity index (χ3n) is 2.66. The lowest BCUT2D eigenvalue weighted by molar-refractivity contribution is 0.416. The van der Waals surface area contributed by atoms with Crippen LogP contribution in [0.4, 0.5) is 5.69 Å². The first kappa shape index (κ1) is 12.9. The number of methoxy groups -OCH3 is 1. The maximum absolute atomic E-state index is 5.38. The van der Waals surface area contributed by atoms with Crippen molar-refractivity contribution >= 4 is 21.6 Å². The Morgan fingerprint density at radius 1 is 1.33 bits per heavy atom. The van der Waals surface area contributed by atoms with E-state index in [2.05, 4.69) is 32.3 Å². The highest BCUT2D eigenvalue weighted by molar-refractivity contribution is 9.10. The Hall–Kier alpha value is -1.55. The molecule has 1 aromatic heterocycles. The summed E-state index contributed by atoms with van der Waals surface area (Å²) in [6.07, 6.45) is 1.79. The molecule has 0 atom stereocenters. The van der Waals surface area contributed by atoms with Crippen LogP contribution in [0.2, 0.25) is 0 Å². The number of nitrogens with one attached hydrogen (secondary N) is 1. The minimum Gasteiger partial charge on any atom is -0.495 e. The number of hydrogen-bond acceptors (Lipinski definition) is 3. The number of aromatic nitrogens is 1. The Kier molecular flexibility index (Phi) is 4.20. The largest absolute Gasteiger partial charge is 0.495 e. The monoisotopic (exact) mass is 306 g/mol. The van der Waals surface area contributed by atoms with Crippen LogP contribution in [0.25, 0.3) is 0 Å². The zero-order valence-electron chi connectivity index (χ0n) is 10.4. The first-order valence-corrected chi connectivity index (χ1v) is 6.48. The van der Waals surface area contributed by atoms with E-state index in [1.54, 1.807) is 13.3 Å². The van der Waals surface area contributed by atoms with E-state index < -0.39 is 0 Å². The van der Waals surface area contributed by atoms with Gasteiger partial charge in [-0.05, 0) is 36.8 Å². The number of halogens is 1. The van der Waals surface area contributed by atoms with E-state index in [4.69, 9.17) is 4.74 Å². The molecule has 3 nitrogen and oxygen atoms in total. The first-order chi connectivity index (χ1) is 8.70. The van der Waals surface area contributed by atoms with Gasteiger partial charge >= 0.3 is 0 Å². The molecule has 4 heteroatoms. The van der Waals surface area contributed by atoms with Crippen LogP contribution in [-0.2, 0) is 6.54 Å². The van der Waals surface area contributed by atoms with Crippen LogP contribution >= 0.6 is 15.9 Å². The van der Waals surface area contributed by atoms with Gasteiger partial charge in [-0.2, -0.15) is 0 Å². The van der Waals surface area contributed by atoms with Gasteiger partial charge in [0.05, 0.1) is 25.0 Å². The van der Waals surface area contributed by atoms with Gasteiger partial charge in [0.15, 0.2) is 0 Å². The predicted octanol–water partition coefficient (Wildman–Crippen LogP) is 3.77. The average Bonchev–Trinajstić information content (AvgIpc) is 2.38. The molecule has 0 amide bonds. The van der Waals surface area contributed by atoms with E-state index in [0.29, 0.717) is 6.54 Å². The summed E-state index contributed by atoms with van der Waals surface area (Å²) in [6, 6.07) is 9.90. The highest BCUT2D eigenvalue weighted by Crippen LogP contribution is 2.32. The van der Waals surface area contributed by atoms with Crippen LogP contribution in [0.15, 0.2) is 41.0 Å². The molecule has 0 aliphatic carbocycles. The topological polar surface area (TPSA) is 34.1 Å². The summed E-state index contributed by atoms with van der Waals surface area (Å²) in [6.45, 7) is 2.73. The minimum atomic E-state index is 0.680. The van der Waals surface area contributed by atoms with Crippen molar-refractivity contribution in [2.24, 2.45) is 0 Å². The Morgan fingerprint density at radius 2 is 2.17 bits per heavy atom. The summed E-state index contributed by atoms with van der Waals surface area (Å²) < 4.78 is 6.40. The van der Waals surface area contributed by atoms with Gasteiger partial charge in [-0.15, -0.1) is 0 Å². The molecule has 0 radical (unpaired) electrons. The maximum Gasteiger partial charge on any atom is 0.143 e. The average molecular weight is 307 g/mol. The zero-order valence-corrected chi connectivity index (χ0v) is 12.0. The van der Waals surface area contributed by atoms with Gasteiger partial charge in [0.1, 0.15) is 5.75 Å². The third kappa shape index (κ3) is 3.01. The Bertz CT molecular complexity index is 529. The SMILES string of the molecule is COc1cc(Br)cc(C)c1NCc1ccccn1. The molecule has 0 saturated carbocycles. The molecular formula is C14H15BrN2O. The molecule has 0 bridgehead atoms. The molecule has 1 heterocycles. The standard InChI is InChI=1S/C14H15BrN2O/c1-10-7-11(15)8-13(18-2)14(10)17-9-12-5-3-4-6-16-12/h3-8,17H,9H2,1-2H3. The molecule has 18 heavy (non-hydrogen) atoms. The van der Waals surface area contributed by atoms with Crippen LogP contribution in [-0.4, -0.2) is 12.1 Å². The fourth-order valence-corrected chi connectivity index (χ4v) is 2.33. The van der Waals surface area contributed by atoms with Crippen LogP contribution in [0.3, 0.4) is 0 Å². The van der Waals surface area contributed by atoms with E-state index in [-0.39, 0.29) is 0 Å². The second-order valence-electron chi connectivity index (χ2n) is 3.97. The van der Waals surface area contributed by atoms with Crippen LogP contribution < -0.4 is 10.1 Å². The van der Waals surface area contributed by atoms with E-state index in [9.17, 15) is 0 Å². The molecule has 2 aromatic rings. The summed E-state index contributed by atoms with van der Waals surface area (Å²) >= 11 is 3.46. The fraction of sp³-hybridized carbons (Fsp3) is 0.214. The van der Waals surface area contributed by atoms with Crippen molar-refractivity contribution in [1.82, 2.24) is 4.98 Å². The van der Waals surface area contributed by atoms with Crippen LogP contribution in [0, 0.1) is 6.92 Å². The molecule has 1 aromatic carbocycles. The molecule has 2 rings (SSSR count). The lowest BCUT2D eigenvalue weighted by atomic mass is 10.2. The van der Waals surface area contributed by atoms with Crippen molar-refractivity contribution in [1.29, 1.82) is 0 Å². The third-order valence-corrected chi connectivity index (χ3v) is 3.11. The highest BCUT2D eigenvalue weighted by Gasteiger charge is 2.07. The van der Waals surface area contributed by atoms with Gasteiger partial charge in [-0.1, -0.05) is 22.0 Å². The molecular weight excluding hydrogens is 292 g/mol. The number of rotatable bonds is 4. The quantitative estimate of drug-likeness (QED) is 0.933. The summed E-state index contributed by atoms with van der Waals surface area (Å²) in [4.78, 5) is 4.28. The molecule has 94 valence electrons. The number of aryl methyl sites for hydroxylation is 1. The molecule has 0 fully saturated rings. The number of nitrogens with zero attached hydrogens (tertiary/aromatic N) is 1. The van der Waals surface area contributed by atoms with Crippen LogP contribution in [0.1, 0.15) is 11.3 Å². The van der Waals surface area contributed by atoms with E-state index in [1.165, 1.54) is 0 Å². The van der Waals surface area contributed by atoms with Gasteiger partial charge in [0.25, 0.3) is 0 Å². The molecule has 0 aliphatic rings. The Morgan fingerprint density at radius 3 is 2.83 bits per heavy atom. The molecule has 0 unspecified atom stereocenters. The van der Waals surface area contributed by atoms with Crippen molar-refractivity contribution in [3.63, 3.8) is 0 Å². The van der Waals surface area contributed by atoms with Crippen LogP contribution in [0.5, 0.6) is 5.75 Å².